The minimum absolute atomic E-state index is 0.405. The van der Waals surface area contributed by atoms with E-state index < -0.39 is 0 Å². The van der Waals surface area contributed by atoms with Crippen LogP contribution in [0.15, 0.2) is 6.20 Å². The van der Waals surface area contributed by atoms with Gasteiger partial charge in [0.15, 0.2) is 0 Å². The predicted molar refractivity (Wildman–Crippen MR) is 69.9 cm³/mol. The van der Waals surface area contributed by atoms with E-state index in [9.17, 15) is 0 Å². The third kappa shape index (κ3) is 3.00. The molecule has 1 aromatic rings. The fourth-order valence-electron chi connectivity index (χ4n) is 2.47. The van der Waals surface area contributed by atoms with E-state index >= 15 is 0 Å². The highest BCUT2D eigenvalue weighted by Crippen LogP contribution is 2.22. The van der Waals surface area contributed by atoms with Crippen molar-refractivity contribution in [2.24, 2.45) is 12.8 Å². The van der Waals surface area contributed by atoms with Crippen molar-refractivity contribution in [3.05, 3.63) is 17.2 Å². The van der Waals surface area contributed by atoms with Crippen LogP contribution in [0.1, 0.15) is 31.5 Å². The molecule has 17 heavy (non-hydrogen) atoms. The number of hydrogen-bond acceptors (Lipinski definition) is 3. The van der Waals surface area contributed by atoms with Crippen molar-refractivity contribution >= 4 is 11.6 Å². The standard InChI is InChI=1S/C12H21ClN4/c1-16(10-5-3-9(14)4-6-10)8-12-15-7-11(13)17(12)2/h7,9-10H,3-6,8,14H2,1-2H3. The van der Waals surface area contributed by atoms with E-state index in [-0.39, 0.29) is 0 Å². The van der Waals surface area contributed by atoms with Gasteiger partial charge in [-0.25, -0.2) is 4.98 Å². The highest BCUT2D eigenvalue weighted by molar-refractivity contribution is 6.29. The molecular weight excluding hydrogens is 236 g/mol. The summed E-state index contributed by atoms with van der Waals surface area (Å²) in [5.74, 6) is 1.02. The fourth-order valence-corrected chi connectivity index (χ4v) is 2.61. The van der Waals surface area contributed by atoms with Gasteiger partial charge in [0.05, 0.1) is 12.7 Å². The van der Waals surface area contributed by atoms with E-state index in [0.717, 1.165) is 25.2 Å². The molecule has 0 aliphatic heterocycles. The first kappa shape index (κ1) is 12.9. The maximum absolute atomic E-state index is 5.98. The zero-order valence-corrected chi connectivity index (χ0v) is 11.3. The largest absolute Gasteiger partial charge is 0.328 e. The molecule has 96 valence electrons. The van der Waals surface area contributed by atoms with Crippen molar-refractivity contribution in [1.82, 2.24) is 14.5 Å². The monoisotopic (exact) mass is 256 g/mol. The lowest BCUT2D eigenvalue weighted by atomic mass is 9.91. The molecule has 0 atom stereocenters. The highest BCUT2D eigenvalue weighted by Gasteiger charge is 2.22. The Bertz CT molecular complexity index is 369. The van der Waals surface area contributed by atoms with Crippen molar-refractivity contribution in [2.45, 2.75) is 44.3 Å². The van der Waals surface area contributed by atoms with Gasteiger partial charge < -0.3 is 10.3 Å². The zero-order valence-electron chi connectivity index (χ0n) is 10.6. The lowest BCUT2D eigenvalue weighted by Crippen LogP contribution is -2.38. The molecule has 1 saturated carbocycles. The maximum atomic E-state index is 5.98. The van der Waals surface area contributed by atoms with Gasteiger partial charge in [0, 0.05) is 19.1 Å². The predicted octanol–water partition coefficient (Wildman–Crippen LogP) is 1.78. The molecule has 0 aromatic carbocycles. The van der Waals surface area contributed by atoms with Gasteiger partial charge in [0.1, 0.15) is 11.0 Å². The Morgan fingerprint density at radius 2 is 2.12 bits per heavy atom. The third-order valence-corrected chi connectivity index (χ3v) is 4.13. The number of rotatable bonds is 3. The second kappa shape index (κ2) is 5.38. The minimum atomic E-state index is 0.405. The summed E-state index contributed by atoms with van der Waals surface area (Å²) in [6.07, 6.45) is 6.36. The van der Waals surface area contributed by atoms with E-state index in [1.54, 1.807) is 6.20 Å². The molecule has 0 spiro atoms. The molecule has 0 bridgehead atoms. The van der Waals surface area contributed by atoms with Gasteiger partial charge >= 0.3 is 0 Å². The van der Waals surface area contributed by atoms with E-state index in [2.05, 4.69) is 16.9 Å². The van der Waals surface area contributed by atoms with Crippen LogP contribution >= 0.6 is 11.6 Å². The Morgan fingerprint density at radius 3 is 2.65 bits per heavy atom. The van der Waals surface area contributed by atoms with Gasteiger partial charge in [-0.1, -0.05) is 11.6 Å². The first-order valence-electron chi connectivity index (χ1n) is 6.20. The number of aromatic nitrogens is 2. The number of nitrogens with two attached hydrogens (primary N) is 1. The number of hydrogen-bond donors (Lipinski definition) is 1. The number of nitrogens with zero attached hydrogens (tertiary/aromatic N) is 3. The van der Waals surface area contributed by atoms with Crippen molar-refractivity contribution in [2.75, 3.05) is 7.05 Å². The van der Waals surface area contributed by atoms with Gasteiger partial charge in [-0.15, -0.1) is 0 Å². The molecule has 0 unspecified atom stereocenters. The van der Waals surface area contributed by atoms with E-state index in [0.29, 0.717) is 17.2 Å². The van der Waals surface area contributed by atoms with Crippen molar-refractivity contribution in [3.63, 3.8) is 0 Å². The Kier molecular flexibility index (Phi) is 4.07. The van der Waals surface area contributed by atoms with Crippen LogP contribution in [-0.2, 0) is 13.6 Å². The summed E-state index contributed by atoms with van der Waals surface area (Å²) in [6, 6.07) is 1.03. The van der Waals surface area contributed by atoms with Crippen LogP contribution in [0, 0.1) is 0 Å². The summed E-state index contributed by atoms with van der Waals surface area (Å²) in [4.78, 5) is 6.70. The Hall–Kier alpha value is -0.580. The molecule has 1 heterocycles. The normalized spacial score (nSPS) is 25.5. The third-order valence-electron chi connectivity index (χ3n) is 3.78. The van der Waals surface area contributed by atoms with Crippen molar-refractivity contribution < 1.29 is 0 Å². The van der Waals surface area contributed by atoms with E-state index in [1.807, 2.05) is 11.6 Å². The number of imidazole rings is 1. The van der Waals surface area contributed by atoms with E-state index in [4.69, 9.17) is 17.3 Å². The number of halogens is 1. The topological polar surface area (TPSA) is 47.1 Å². The SMILES string of the molecule is CN(Cc1ncc(Cl)n1C)C1CCC(N)CC1. The summed E-state index contributed by atoms with van der Waals surface area (Å²) < 4.78 is 1.94. The van der Waals surface area contributed by atoms with Crippen LogP contribution in [0.3, 0.4) is 0 Å². The van der Waals surface area contributed by atoms with Crippen LogP contribution in [0.4, 0.5) is 0 Å². The molecule has 1 fully saturated rings. The average Bonchev–Trinajstić information content (AvgIpc) is 2.62. The maximum Gasteiger partial charge on any atom is 0.128 e. The molecule has 2 rings (SSSR count). The molecule has 4 nitrogen and oxygen atoms in total. The van der Waals surface area contributed by atoms with Gasteiger partial charge in [0.2, 0.25) is 0 Å². The lowest BCUT2D eigenvalue weighted by molar-refractivity contribution is 0.171. The highest BCUT2D eigenvalue weighted by atomic mass is 35.5. The smallest absolute Gasteiger partial charge is 0.128 e. The lowest BCUT2D eigenvalue weighted by Gasteiger charge is -2.33. The molecule has 0 amide bonds. The van der Waals surface area contributed by atoms with Crippen LogP contribution < -0.4 is 5.73 Å². The fraction of sp³-hybridized carbons (Fsp3) is 0.750. The molecule has 1 aromatic heterocycles. The first-order chi connectivity index (χ1) is 8.08. The van der Waals surface area contributed by atoms with Gasteiger partial charge in [-0.05, 0) is 32.7 Å². The molecule has 5 heteroatoms. The van der Waals surface area contributed by atoms with Crippen LogP contribution in [0.25, 0.3) is 0 Å². The Balaban J connectivity index is 1.93. The van der Waals surface area contributed by atoms with Crippen LogP contribution in [-0.4, -0.2) is 33.6 Å². The van der Waals surface area contributed by atoms with Gasteiger partial charge in [0.25, 0.3) is 0 Å². The van der Waals surface area contributed by atoms with Crippen molar-refractivity contribution in [1.29, 1.82) is 0 Å². The minimum Gasteiger partial charge on any atom is -0.328 e. The molecule has 1 aliphatic carbocycles. The van der Waals surface area contributed by atoms with Crippen LogP contribution in [0.2, 0.25) is 5.15 Å². The average molecular weight is 257 g/mol. The molecule has 2 N–H and O–H groups in total. The molecule has 0 saturated heterocycles. The van der Waals surface area contributed by atoms with Crippen LogP contribution in [0.5, 0.6) is 0 Å². The molecule has 0 radical (unpaired) electrons. The zero-order chi connectivity index (χ0) is 12.4. The summed E-state index contributed by atoms with van der Waals surface area (Å²) in [7, 11) is 4.11. The molecule has 1 aliphatic rings. The summed E-state index contributed by atoms with van der Waals surface area (Å²) >= 11 is 5.98. The van der Waals surface area contributed by atoms with Crippen molar-refractivity contribution in [3.8, 4) is 0 Å². The first-order valence-corrected chi connectivity index (χ1v) is 6.57. The van der Waals surface area contributed by atoms with E-state index in [1.165, 1.54) is 12.8 Å². The second-order valence-corrected chi connectivity index (χ2v) is 5.43. The molecular formula is C12H21ClN4. The quantitative estimate of drug-likeness (QED) is 0.897. The Labute approximate surface area is 108 Å². The Morgan fingerprint density at radius 1 is 1.47 bits per heavy atom. The summed E-state index contributed by atoms with van der Waals surface area (Å²) in [5.41, 5.74) is 5.92. The second-order valence-electron chi connectivity index (χ2n) is 5.04. The summed E-state index contributed by atoms with van der Waals surface area (Å²) in [6.45, 7) is 0.850. The summed E-state index contributed by atoms with van der Waals surface area (Å²) in [5, 5.41) is 0.694. The van der Waals surface area contributed by atoms with Gasteiger partial charge in [-0.2, -0.15) is 0 Å². The van der Waals surface area contributed by atoms with Gasteiger partial charge in [-0.3, -0.25) is 4.90 Å².